The quantitative estimate of drug-likeness (QED) is 0.348. The Morgan fingerprint density at radius 1 is 1.50 bits per heavy atom. The standard InChI is InChI=1S/C11H11N5O4/c1-7-2-3-8(6-15(7)18)4-9-5-12-11(13-10(9)17)14-16(19)20/h2-3,5-6H,4H2,1H3,(H2,12,13,14,17). The summed E-state index contributed by atoms with van der Waals surface area (Å²) in [6.45, 7) is 1.67. The molecule has 0 saturated heterocycles. The maximum Gasteiger partial charge on any atom is 0.265 e. The van der Waals surface area contributed by atoms with Crippen LogP contribution in [0.4, 0.5) is 5.95 Å². The van der Waals surface area contributed by atoms with Gasteiger partial charge in [0, 0.05) is 36.7 Å². The molecule has 0 aliphatic rings. The van der Waals surface area contributed by atoms with Crippen molar-refractivity contribution in [2.45, 2.75) is 13.3 Å². The molecule has 0 aromatic carbocycles. The van der Waals surface area contributed by atoms with Crippen molar-refractivity contribution in [2.24, 2.45) is 0 Å². The maximum absolute atomic E-state index is 11.7. The third-order valence-corrected chi connectivity index (χ3v) is 2.63. The van der Waals surface area contributed by atoms with Gasteiger partial charge in [-0.3, -0.25) is 9.78 Å². The van der Waals surface area contributed by atoms with Crippen LogP contribution in [0.3, 0.4) is 0 Å². The predicted octanol–water partition coefficient (Wildman–Crippen LogP) is -0.0939. The van der Waals surface area contributed by atoms with Gasteiger partial charge in [0.15, 0.2) is 16.9 Å². The molecule has 0 radical (unpaired) electrons. The van der Waals surface area contributed by atoms with Crippen molar-refractivity contribution < 1.29 is 9.76 Å². The monoisotopic (exact) mass is 277 g/mol. The van der Waals surface area contributed by atoms with E-state index in [0.29, 0.717) is 21.6 Å². The number of nitro groups is 1. The van der Waals surface area contributed by atoms with Gasteiger partial charge in [0.05, 0.1) is 0 Å². The number of pyridine rings is 1. The first-order valence-corrected chi connectivity index (χ1v) is 5.63. The van der Waals surface area contributed by atoms with Crippen LogP contribution < -0.4 is 15.7 Å². The molecule has 0 unspecified atom stereocenters. The van der Waals surface area contributed by atoms with Crippen molar-refractivity contribution in [1.29, 1.82) is 0 Å². The summed E-state index contributed by atoms with van der Waals surface area (Å²) in [6.07, 6.45) is 2.82. The number of aromatic nitrogens is 3. The molecule has 0 aliphatic carbocycles. The number of rotatable bonds is 4. The summed E-state index contributed by atoms with van der Waals surface area (Å²) in [5, 5.41) is 20.8. The Kier molecular flexibility index (Phi) is 3.60. The Morgan fingerprint density at radius 3 is 2.85 bits per heavy atom. The Bertz CT molecular complexity index is 712. The van der Waals surface area contributed by atoms with Crippen molar-refractivity contribution in [3.05, 3.63) is 67.0 Å². The van der Waals surface area contributed by atoms with Crippen molar-refractivity contribution in [3.8, 4) is 0 Å². The molecule has 2 rings (SSSR count). The lowest BCUT2D eigenvalue weighted by Crippen LogP contribution is -2.30. The molecule has 0 spiro atoms. The molecule has 0 saturated carbocycles. The number of aryl methyl sites for hydroxylation is 1. The highest BCUT2D eigenvalue weighted by Gasteiger charge is 2.09. The first-order valence-electron chi connectivity index (χ1n) is 5.63. The molecule has 20 heavy (non-hydrogen) atoms. The third kappa shape index (κ3) is 3.07. The van der Waals surface area contributed by atoms with E-state index in [4.69, 9.17) is 0 Å². The predicted molar refractivity (Wildman–Crippen MR) is 68.4 cm³/mol. The van der Waals surface area contributed by atoms with Crippen molar-refractivity contribution in [2.75, 3.05) is 5.43 Å². The normalized spacial score (nSPS) is 10.2. The largest absolute Gasteiger partial charge is 0.619 e. The second kappa shape index (κ2) is 5.34. The topological polar surface area (TPSA) is 128 Å². The molecule has 0 atom stereocenters. The number of anilines is 1. The molecule has 0 fully saturated rings. The molecule has 0 bridgehead atoms. The van der Waals surface area contributed by atoms with Crippen molar-refractivity contribution >= 4 is 5.95 Å². The minimum Gasteiger partial charge on any atom is -0.619 e. The average molecular weight is 277 g/mol. The van der Waals surface area contributed by atoms with Crippen LogP contribution in [0.2, 0.25) is 0 Å². The van der Waals surface area contributed by atoms with Gasteiger partial charge in [-0.25, -0.2) is 15.1 Å². The fraction of sp³-hybridized carbons (Fsp3) is 0.182. The summed E-state index contributed by atoms with van der Waals surface area (Å²) in [5.41, 5.74) is 2.76. The van der Waals surface area contributed by atoms with E-state index in [2.05, 4.69) is 9.97 Å². The van der Waals surface area contributed by atoms with Gasteiger partial charge in [0.2, 0.25) is 0 Å². The van der Waals surface area contributed by atoms with E-state index in [-0.39, 0.29) is 12.4 Å². The van der Waals surface area contributed by atoms with Crippen LogP contribution in [-0.4, -0.2) is 15.0 Å². The molecule has 2 N–H and O–H groups in total. The molecule has 0 aliphatic heterocycles. The molecule has 9 nitrogen and oxygen atoms in total. The van der Waals surface area contributed by atoms with Crippen LogP contribution in [0.15, 0.2) is 29.3 Å². The minimum atomic E-state index is -0.821. The van der Waals surface area contributed by atoms with Gasteiger partial charge in [-0.15, -0.1) is 0 Å². The van der Waals surface area contributed by atoms with Gasteiger partial charge in [-0.2, -0.15) is 4.73 Å². The second-order valence-corrected chi connectivity index (χ2v) is 4.14. The second-order valence-electron chi connectivity index (χ2n) is 4.14. The number of nitrogens with zero attached hydrogens (tertiary/aromatic N) is 3. The lowest BCUT2D eigenvalue weighted by Gasteiger charge is -2.04. The van der Waals surface area contributed by atoms with E-state index < -0.39 is 10.6 Å². The number of aromatic amines is 1. The maximum atomic E-state index is 11.7. The van der Waals surface area contributed by atoms with Gasteiger partial charge < -0.3 is 5.21 Å². The Labute approximate surface area is 112 Å². The first kappa shape index (κ1) is 13.5. The van der Waals surface area contributed by atoms with Gasteiger partial charge in [-0.1, -0.05) is 5.43 Å². The highest BCUT2D eigenvalue weighted by atomic mass is 16.7. The molecule has 9 heteroatoms. The third-order valence-electron chi connectivity index (χ3n) is 2.63. The number of hydrogen-bond acceptors (Lipinski definition) is 5. The van der Waals surface area contributed by atoms with Crippen LogP contribution in [-0.2, 0) is 6.42 Å². The van der Waals surface area contributed by atoms with Crippen LogP contribution in [0, 0.1) is 22.2 Å². The number of hydrogen-bond donors (Lipinski definition) is 2. The van der Waals surface area contributed by atoms with Crippen LogP contribution in [0.25, 0.3) is 0 Å². The van der Waals surface area contributed by atoms with Gasteiger partial charge in [0.25, 0.3) is 11.5 Å². The molecular formula is C11H11N5O4. The zero-order valence-corrected chi connectivity index (χ0v) is 10.5. The molecular weight excluding hydrogens is 266 g/mol. The Hall–Kier alpha value is -2.97. The zero-order valence-electron chi connectivity index (χ0n) is 10.5. The summed E-state index contributed by atoms with van der Waals surface area (Å²) in [5.74, 6) is -0.244. The lowest BCUT2D eigenvalue weighted by atomic mass is 10.1. The van der Waals surface area contributed by atoms with Gasteiger partial charge in [0.1, 0.15) is 0 Å². The zero-order chi connectivity index (χ0) is 14.7. The van der Waals surface area contributed by atoms with Crippen LogP contribution in [0.5, 0.6) is 0 Å². The number of nitrogens with one attached hydrogen (secondary N) is 2. The Balaban J connectivity index is 2.23. The number of H-pyrrole nitrogens is 1. The fourth-order valence-corrected chi connectivity index (χ4v) is 1.61. The molecule has 2 aromatic heterocycles. The average Bonchev–Trinajstić information content (AvgIpc) is 2.36. The smallest absolute Gasteiger partial charge is 0.265 e. The van der Waals surface area contributed by atoms with Crippen molar-refractivity contribution in [1.82, 2.24) is 9.97 Å². The molecule has 2 aromatic rings. The van der Waals surface area contributed by atoms with E-state index in [9.17, 15) is 20.1 Å². The highest BCUT2D eigenvalue weighted by molar-refractivity contribution is 5.25. The summed E-state index contributed by atoms with van der Waals surface area (Å²) >= 11 is 0. The summed E-state index contributed by atoms with van der Waals surface area (Å²) in [6, 6.07) is 3.37. The number of hydrazine groups is 1. The summed E-state index contributed by atoms with van der Waals surface area (Å²) < 4.78 is 0.708. The van der Waals surface area contributed by atoms with Crippen LogP contribution in [0.1, 0.15) is 16.8 Å². The lowest BCUT2D eigenvalue weighted by molar-refractivity contribution is -0.612. The van der Waals surface area contributed by atoms with Crippen LogP contribution >= 0.6 is 0 Å². The van der Waals surface area contributed by atoms with Gasteiger partial charge >= 0.3 is 0 Å². The molecule has 2 heterocycles. The van der Waals surface area contributed by atoms with E-state index in [1.165, 1.54) is 12.4 Å². The molecule has 104 valence electrons. The highest BCUT2D eigenvalue weighted by Crippen LogP contribution is 2.04. The van der Waals surface area contributed by atoms with E-state index >= 15 is 0 Å². The molecule has 0 amide bonds. The summed E-state index contributed by atoms with van der Waals surface area (Å²) in [7, 11) is 0. The minimum absolute atomic E-state index is 0.212. The first-order chi connectivity index (χ1) is 9.45. The summed E-state index contributed by atoms with van der Waals surface area (Å²) in [4.78, 5) is 27.9. The van der Waals surface area contributed by atoms with E-state index in [1.54, 1.807) is 24.5 Å². The van der Waals surface area contributed by atoms with E-state index in [1.807, 2.05) is 0 Å². The van der Waals surface area contributed by atoms with Gasteiger partial charge in [-0.05, 0) is 6.07 Å². The van der Waals surface area contributed by atoms with E-state index in [0.717, 1.165) is 0 Å². The fourth-order valence-electron chi connectivity index (χ4n) is 1.61. The van der Waals surface area contributed by atoms with Crippen molar-refractivity contribution in [3.63, 3.8) is 0 Å². The Morgan fingerprint density at radius 2 is 2.25 bits per heavy atom. The SMILES string of the molecule is Cc1ccc(Cc2cnc(N[N+](=O)[O-])[nH]c2=O)c[n+]1[O-].